The number of pyridine rings is 1. The molecule has 0 bridgehead atoms. The summed E-state index contributed by atoms with van der Waals surface area (Å²) < 4.78 is 0. The summed E-state index contributed by atoms with van der Waals surface area (Å²) in [6.07, 6.45) is 2.53. The first-order valence-electron chi connectivity index (χ1n) is 4.79. The number of hydrogen-bond acceptors (Lipinski definition) is 6. The molecule has 0 fully saturated rings. The Hall–Kier alpha value is -2.50. The van der Waals surface area contributed by atoms with Gasteiger partial charge in [0.15, 0.2) is 0 Å². The number of nitrogens with zero attached hydrogens (tertiary/aromatic N) is 1. The van der Waals surface area contributed by atoms with Crippen molar-refractivity contribution in [1.29, 1.82) is 0 Å². The summed E-state index contributed by atoms with van der Waals surface area (Å²) in [7, 11) is 0. The van der Waals surface area contributed by atoms with E-state index in [2.05, 4.69) is 15.3 Å². The van der Waals surface area contributed by atoms with Crippen LogP contribution in [0.2, 0.25) is 0 Å². The fourth-order valence-electron chi connectivity index (χ4n) is 1.41. The third kappa shape index (κ3) is 2.05. The van der Waals surface area contributed by atoms with E-state index in [1.807, 2.05) is 0 Å². The lowest BCUT2D eigenvalue weighted by Crippen LogP contribution is -2.26. The highest BCUT2D eigenvalue weighted by atomic mass is 16.7. The number of hydrogen-bond donors (Lipinski definition) is 1. The molecular formula is C11H8N2O4. The number of ketones is 2. The van der Waals surface area contributed by atoms with E-state index in [1.54, 1.807) is 6.07 Å². The van der Waals surface area contributed by atoms with Gasteiger partial charge in [-0.2, -0.15) is 0 Å². The van der Waals surface area contributed by atoms with Crippen molar-refractivity contribution in [2.45, 2.75) is 6.92 Å². The summed E-state index contributed by atoms with van der Waals surface area (Å²) >= 11 is 0. The van der Waals surface area contributed by atoms with E-state index in [-0.39, 0.29) is 11.3 Å². The van der Waals surface area contributed by atoms with Crippen molar-refractivity contribution in [1.82, 2.24) is 10.5 Å². The number of allylic oxidation sites excluding steroid dienone is 1. The Kier molecular flexibility index (Phi) is 2.70. The largest absolute Gasteiger partial charge is 0.344 e. The molecule has 0 radical (unpaired) electrons. The van der Waals surface area contributed by atoms with Gasteiger partial charge in [0, 0.05) is 19.2 Å². The van der Waals surface area contributed by atoms with Crippen LogP contribution in [-0.4, -0.2) is 22.5 Å². The molecule has 1 aromatic rings. The quantitative estimate of drug-likeness (QED) is 0.581. The molecule has 2 rings (SSSR count). The zero-order valence-corrected chi connectivity index (χ0v) is 8.89. The number of aromatic nitrogens is 1. The first-order chi connectivity index (χ1) is 8.09. The lowest BCUT2D eigenvalue weighted by atomic mass is 9.98. The van der Waals surface area contributed by atoms with Gasteiger partial charge in [0.25, 0.3) is 0 Å². The van der Waals surface area contributed by atoms with Crippen molar-refractivity contribution in [3.63, 3.8) is 0 Å². The van der Waals surface area contributed by atoms with E-state index in [1.165, 1.54) is 19.2 Å². The van der Waals surface area contributed by atoms with Crippen molar-refractivity contribution in [3.05, 3.63) is 35.7 Å². The van der Waals surface area contributed by atoms with Crippen molar-refractivity contribution in [2.75, 3.05) is 0 Å². The molecule has 6 nitrogen and oxygen atoms in total. The van der Waals surface area contributed by atoms with Crippen LogP contribution >= 0.6 is 0 Å². The molecule has 0 saturated heterocycles. The molecule has 0 atom stereocenters. The van der Waals surface area contributed by atoms with E-state index in [4.69, 9.17) is 0 Å². The topological polar surface area (TPSA) is 85.4 Å². The standard InChI is InChI=1S/C11H8N2O4/c1-6(14)17-13-8-5-9(15)11(16)7-3-2-4-12-10(7)8/h2-5,13H,1H3. The van der Waals surface area contributed by atoms with Gasteiger partial charge in [0.2, 0.25) is 11.6 Å². The summed E-state index contributed by atoms with van der Waals surface area (Å²) in [5, 5.41) is 0. The predicted octanol–water partition coefficient (Wildman–Crippen LogP) is 0.256. The first kappa shape index (κ1) is 11.0. The van der Waals surface area contributed by atoms with E-state index in [0.717, 1.165) is 6.08 Å². The fourth-order valence-corrected chi connectivity index (χ4v) is 1.41. The number of fused-ring (bicyclic) bond motifs is 1. The molecule has 0 spiro atoms. The Bertz CT molecular complexity index is 548. The van der Waals surface area contributed by atoms with Crippen LogP contribution in [0.3, 0.4) is 0 Å². The highest BCUT2D eigenvalue weighted by Gasteiger charge is 2.26. The molecule has 1 N–H and O–H groups in total. The zero-order chi connectivity index (χ0) is 12.4. The van der Waals surface area contributed by atoms with Crippen LogP contribution in [0.15, 0.2) is 24.4 Å². The van der Waals surface area contributed by atoms with E-state index < -0.39 is 17.5 Å². The minimum atomic E-state index is -0.680. The van der Waals surface area contributed by atoms with Crippen LogP contribution < -0.4 is 5.48 Å². The Morgan fingerprint density at radius 1 is 1.41 bits per heavy atom. The molecule has 0 aliphatic heterocycles. The Morgan fingerprint density at radius 2 is 2.18 bits per heavy atom. The van der Waals surface area contributed by atoms with Crippen LogP contribution in [0.5, 0.6) is 0 Å². The number of Topliss-reactive ketones (excluding diaryl/α,β-unsaturated/α-hetero) is 1. The van der Waals surface area contributed by atoms with Crippen molar-refractivity contribution >= 4 is 23.2 Å². The number of nitrogens with one attached hydrogen (secondary N) is 1. The lowest BCUT2D eigenvalue weighted by Gasteiger charge is -2.15. The second-order valence-corrected chi connectivity index (χ2v) is 3.35. The summed E-state index contributed by atoms with van der Waals surface area (Å²) in [5.41, 5.74) is 2.98. The molecule has 1 aliphatic rings. The molecule has 1 aromatic heterocycles. The monoisotopic (exact) mass is 232 g/mol. The van der Waals surface area contributed by atoms with Gasteiger partial charge in [-0.1, -0.05) is 0 Å². The fraction of sp³-hybridized carbons (Fsp3) is 0.0909. The minimum absolute atomic E-state index is 0.189. The van der Waals surface area contributed by atoms with Crippen LogP contribution in [0.1, 0.15) is 23.0 Å². The van der Waals surface area contributed by atoms with Crippen LogP contribution in [-0.2, 0) is 14.4 Å². The highest BCUT2D eigenvalue weighted by Crippen LogP contribution is 2.20. The molecule has 86 valence electrons. The lowest BCUT2D eigenvalue weighted by molar-refractivity contribution is -0.145. The van der Waals surface area contributed by atoms with E-state index in [9.17, 15) is 14.4 Å². The SMILES string of the molecule is CC(=O)ONC1=CC(=O)C(=O)c2cccnc21. The molecule has 0 saturated carbocycles. The third-order valence-electron chi connectivity index (χ3n) is 2.11. The average Bonchev–Trinajstić information content (AvgIpc) is 2.32. The van der Waals surface area contributed by atoms with Gasteiger partial charge in [-0.15, -0.1) is 0 Å². The number of carbonyl (C=O) groups is 3. The predicted molar refractivity (Wildman–Crippen MR) is 56.5 cm³/mol. The Morgan fingerprint density at radius 3 is 2.88 bits per heavy atom. The van der Waals surface area contributed by atoms with Gasteiger partial charge in [-0.25, -0.2) is 5.48 Å². The van der Waals surface area contributed by atoms with Crippen molar-refractivity contribution in [3.8, 4) is 0 Å². The van der Waals surface area contributed by atoms with Gasteiger partial charge in [-0.3, -0.25) is 19.4 Å². The van der Waals surface area contributed by atoms with Gasteiger partial charge >= 0.3 is 5.97 Å². The first-order valence-corrected chi connectivity index (χ1v) is 4.79. The Balaban J connectivity index is 2.39. The molecule has 1 aliphatic carbocycles. The second-order valence-electron chi connectivity index (χ2n) is 3.35. The molecule has 1 heterocycles. The number of carbonyl (C=O) groups excluding carboxylic acids is 3. The van der Waals surface area contributed by atoms with Gasteiger partial charge in [0.1, 0.15) is 11.4 Å². The van der Waals surface area contributed by atoms with Gasteiger partial charge in [0.05, 0.1) is 5.56 Å². The average molecular weight is 232 g/mol. The zero-order valence-electron chi connectivity index (χ0n) is 8.89. The summed E-state index contributed by atoms with van der Waals surface area (Å²) in [5.74, 6) is -1.87. The Labute approximate surface area is 96.2 Å². The van der Waals surface area contributed by atoms with Crippen LogP contribution in [0.4, 0.5) is 0 Å². The maximum atomic E-state index is 11.5. The number of rotatable bonds is 2. The normalized spacial score (nSPS) is 13.8. The summed E-state index contributed by atoms with van der Waals surface area (Å²) in [6, 6.07) is 3.05. The third-order valence-corrected chi connectivity index (χ3v) is 2.11. The second kappa shape index (κ2) is 4.17. The molecule has 6 heteroatoms. The van der Waals surface area contributed by atoms with E-state index >= 15 is 0 Å². The molecule has 17 heavy (non-hydrogen) atoms. The van der Waals surface area contributed by atoms with Crippen LogP contribution in [0, 0.1) is 0 Å². The summed E-state index contributed by atoms with van der Waals surface area (Å²) in [6.45, 7) is 1.21. The molecule has 0 aromatic carbocycles. The van der Waals surface area contributed by atoms with Crippen LogP contribution in [0.25, 0.3) is 5.70 Å². The van der Waals surface area contributed by atoms with Crippen molar-refractivity contribution < 1.29 is 19.2 Å². The molecule has 0 unspecified atom stereocenters. The molecular weight excluding hydrogens is 224 g/mol. The highest BCUT2D eigenvalue weighted by molar-refractivity contribution is 6.50. The maximum Gasteiger partial charge on any atom is 0.329 e. The smallest absolute Gasteiger partial charge is 0.329 e. The summed E-state index contributed by atoms with van der Waals surface area (Å²) in [4.78, 5) is 42.1. The van der Waals surface area contributed by atoms with E-state index in [0.29, 0.717) is 5.69 Å². The van der Waals surface area contributed by atoms with Gasteiger partial charge < -0.3 is 4.84 Å². The number of hydroxylamine groups is 1. The van der Waals surface area contributed by atoms with Gasteiger partial charge in [-0.05, 0) is 12.1 Å². The maximum absolute atomic E-state index is 11.5. The minimum Gasteiger partial charge on any atom is -0.344 e. The molecule has 0 amide bonds. The van der Waals surface area contributed by atoms with Crippen molar-refractivity contribution in [2.24, 2.45) is 0 Å².